The molecule has 2 aromatic carbocycles. The molecule has 0 radical (unpaired) electrons. The number of hydrogen-bond donors (Lipinski definition) is 1. The summed E-state index contributed by atoms with van der Waals surface area (Å²) < 4.78 is 47.8. The highest BCUT2D eigenvalue weighted by atomic mass is 19.1. The van der Waals surface area contributed by atoms with Gasteiger partial charge in [0.05, 0.1) is 17.7 Å². The van der Waals surface area contributed by atoms with Gasteiger partial charge in [-0.3, -0.25) is 9.59 Å². The lowest BCUT2D eigenvalue weighted by molar-refractivity contribution is 0.0525. The van der Waals surface area contributed by atoms with E-state index in [4.69, 9.17) is 4.74 Å². The van der Waals surface area contributed by atoms with Gasteiger partial charge in [0, 0.05) is 24.7 Å². The summed E-state index contributed by atoms with van der Waals surface area (Å²) in [7, 11) is 0. The zero-order valence-electron chi connectivity index (χ0n) is 21.2. The van der Waals surface area contributed by atoms with Crippen molar-refractivity contribution in [3.8, 4) is 11.3 Å². The van der Waals surface area contributed by atoms with Gasteiger partial charge in [0.15, 0.2) is 0 Å². The molecule has 1 aliphatic carbocycles. The number of likely N-dealkylation sites (tertiary alicyclic amines) is 1. The summed E-state index contributed by atoms with van der Waals surface area (Å²) in [5.41, 5.74) is -0.614. The molecule has 1 saturated carbocycles. The second-order valence-corrected chi connectivity index (χ2v) is 9.98. The van der Waals surface area contributed by atoms with Crippen molar-refractivity contribution in [2.45, 2.75) is 32.2 Å². The minimum Gasteiger partial charge on any atom is -0.462 e. The smallest absolute Gasteiger partial charge is 0.338 e. The summed E-state index contributed by atoms with van der Waals surface area (Å²) in [5.74, 6) is -4.01. The number of hydrogen-bond acceptors (Lipinski definition) is 5. The van der Waals surface area contributed by atoms with Crippen LogP contribution in [0.3, 0.4) is 0 Å². The molecule has 7 nitrogen and oxygen atoms in total. The molecular weight excluding hydrogens is 511 g/mol. The van der Waals surface area contributed by atoms with E-state index in [0.717, 1.165) is 24.6 Å². The molecule has 2 heterocycles. The van der Waals surface area contributed by atoms with E-state index in [1.165, 1.54) is 12.1 Å². The lowest BCUT2D eigenvalue weighted by Gasteiger charge is -2.45. The third-order valence-corrected chi connectivity index (χ3v) is 7.34. The van der Waals surface area contributed by atoms with Gasteiger partial charge in [0.2, 0.25) is 0 Å². The molecule has 3 aromatic rings. The van der Waals surface area contributed by atoms with Crippen LogP contribution >= 0.6 is 0 Å². The Kier molecular flexibility index (Phi) is 7.12. The maximum atomic E-state index is 14.4. The molecule has 5 rings (SSSR count). The Morgan fingerprint density at radius 1 is 0.974 bits per heavy atom. The molecule has 1 aromatic heterocycles. The van der Waals surface area contributed by atoms with E-state index in [2.05, 4.69) is 10.3 Å². The van der Waals surface area contributed by atoms with E-state index in [1.54, 1.807) is 36.1 Å². The summed E-state index contributed by atoms with van der Waals surface area (Å²) in [6, 6.07) is 11.6. The second-order valence-electron chi connectivity index (χ2n) is 9.98. The van der Waals surface area contributed by atoms with E-state index >= 15 is 0 Å². The highest BCUT2D eigenvalue weighted by Gasteiger charge is 2.50. The Hall–Kier alpha value is -4.21. The Labute approximate surface area is 223 Å². The van der Waals surface area contributed by atoms with Gasteiger partial charge in [0.25, 0.3) is 11.8 Å². The van der Waals surface area contributed by atoms with Gasteiger partial charge in [-0.05, 0) is 80.1 Å². The minimum atomic E-state index is -0.969. The van der Waals surface area contributed by atoms with Gasteiger partial charge < -0.3 is 15.0 Å². The molecule has 2 aliphatic rings. The van der Waals surface area contributed by atoms with Crippen molar-refractivity contribution in [1.29, 1.82) is 0 Å². The standard InChI is InChI=1S/C29H26F3N3O4/c1-2-39-28(38)18-8-6-17(7-9-18)26(36)33-19-14-29(15-19)12-13-35(16-29)27(37)23-11-10-22(32)25(34-23)24-20(30)4-3-5-21(24)31/h3-11,19H,2,12-16H2,1H3,(H,33,36). The molecule has 0 bridgehead atoms. The third-order valence-electron chi connectivity index (χ3n) is 7.34. The van der Waals surface area contributed by atoms with Crippen LogP contribution < -0.4 is 5.32 Å². The van der Waals surface area contributed by atoms with Crippen LogP contribution in [0.5, 0.6) is 0 Å². The molecule has 1 aliphatic heterocycles. The van der Waals surface area contributed by atoms with Crippen LogP contribution in [0.4, 0.5) is 13.2 Å². The molecular formula is C29H26F3N3O4. The number of carbonyl (C=O) groups is 3. The van der Waals surface area contributed by atoms with E-state index in [-0.39, 0.29) is 29.7 Å². The summed E-state index contributed by atoms with van der Waals surface area (Å²) in [5, 5.41) is 2.99. The number of ether oxygens (including phenoxy) is 1. The van der Waals surface area contributed by atoms with E-state index in [1.807, 2.05) is 0 Å². The van der Waals surface area contributed by atoms with Crippen LogP contribution in [0.1, 0.15) is 57.4 Å². The molecule has 10 heteroatoms. The van der Waals surface area contributed by atoms with E-state index in [9.17, 15) is 27.6 Å². The molecule has 0 unspecified atom stereocenters. The van der Waals surface area contributed by atoms with Crippen LogP contribution in [0, 0.1) is 22.9 Å². The maximum Gasteiger partial charge on any atom is 0.338 e. The first-order chi connectivity index (χ1) is 18.7. The number of pyridine rings is 1. The summed E-state index contributed by atoms with van der Waals surface area (Å²) in [4.78, 5) is 43.2. The number of nitrogens with zero attached hydrogens (tertiary/aromatic N) is 2. The fourth-order valence-corrected chi connectivity index (χ4v) is 5.39. The van der Waals surface area contributed by atoms with Gasteiger partial charge in [-0.25, -0.2) is 22.9 Å². The van der Waals surface area contributed by atoms with Crippen molar-refractivity contribution in [3.05, 3.63) is 88.9 Å². The van der Waals surface area contributed by atoms with Crippen LogP contribution in [0.2, 0.25) is 0 Å². The topological polar surface area (TPSA) is 88.6 Å². The number of aromatic nitrogens is 1. The molecule has 0 atom stereocenters. The summed E-state index contributed by atoms with van der Waals surface area (Å²) in [6.45, 7) is 2.88. The summed E-state index contributed by atoms with van der Waals surface area (Å²) >= 11 is 0. The Morgan fingerprint density at radius 3 is 2.31 bits per heavy atom. The molecule has 1 spiro atoms. The van der Waals surface area contributed by atoms with Crippen molar-refractivity contribution < 1.29 is 32.3 Å². The second kappa shape index (κ2) is 10.5. The number of esters is 1. The van der Waals surface area contributed by atoms with Gasteiger partial charge in [0.1, 0.15) is 28.8 Å². The number of benzene rings is 2. The molecule has 1 N–H and O–H groups in total. The highest BCUT2D eigenvalue weighted by molar-refractivity contribution is 5.96. The lowest BCUT2D eigenvalue weighted by Crippen LogP contribution is -2.52. The normalized spacial score (nSPS) is 20.0. The molecule has 2 amide bonds. The van der Waals surface area contributed by atoms with Gasteiger partial charge >= 0.3 is 5.97 Å². The predicted octanol–water partition coefficient (Wildman–Crippen LogP) is 4.77. The first-order valence-electron chi connectivity index (χ1n) is 12.7. The average Bonchev–Trinajstić information content (AvgIpc) is 3.35. The Bertz CT molecular complexity index is 1420. The lowest BCUT2D eigenvalue weighted by atomic mass is 9.65. The molecule has 39 heavy (non-hydrogen) atoms. The van der Waals surface area contributed by atoms with Crippen LogP contribution in [-0.4, -0.2) is 53.4 Å². The largest absolute Gasteiger partial charge is 0.462 e. The first-order valence-corrected chi connectivity index (χ1v) is 12.7. The summed E-state index contributed by atoms with van der Waals surface area (Å²) in [6.07, 6.45) is 2.10. The van der Waals surface area contributed by atoms with Crippen molar-refractivity contribution in [3.63, 3.8) is 0 Å². The number of nitrogens with one attached hydrogen (secondary N) is 1. The highest BCUT2D eigenvalue weighted by Crippen LogP contribution is 2.48. The van der Waals surface area contributed by atoms with Gasteiger partial charge in [-0.15, -0.1) is 0 Å². The van der Waals surface area contributed by atoms with Crippen LogP contribution in [-0.2, 0) is 4.74 Å². The minimum absolute atomic E-state index is 0.0585. The SMILES string of the molecule is CCOC(=O)c1ccc(C(=O)NC2CC3(CCN(C(=O)c4ccc(F)c(-c5c(F)cccc5F)n4)C3)C2)cc1. The predicted molar refractivity (Wildman–Crippen MR) is 135 cm³/mol. The number of halogens is 3. The van der Waals surface area contributed by atoms with E-state index in [0.29, 0.717) is 37.1 Å². The number of amides is 2. The quantitative estimate of drug-likeness (QED) is 0.458. The molecule has 2 fully saturated rings. The molecule has 202 valence electrons. The zero-order valence-corrected chi connectivity index (χ0v) is 21.2. The van der Waals surface area contributed by atoms with Gasteiger partial charge in [-0.2, -0.15) is 0 Å². The zero-order chi connectivity index (χ0) is 27.7. The Morgan fingerprint density at radius 2 is 1.64 bits per heavy atom. The van der Waals surface area contributed by atoms with Gasteiger partial charge in [-0.1, -0.05) is 6.07 Å². The fourth-order valence-electron chi connectivity index (χ4n) is 5.39. The monoisotopic (exact) mass is 537 g/mol. The third kappa shape index (κ3) is 5.23. The van der Waals surface area contributed by atoms with Crippen molar-refractivity contribution >= 4 is 17.8 Å². The maximum absolute atomic E-state index is 14.4. The van der Waals surface area contributed by atoms with Crippen molar-refractivity contribution in [1.82, 2.24) is 15.2 Å². The van der Waals surface area contributed by atoms with Crippen LogP contribution in [0.15, 0.2) is 54.6 Å². The van der Waals surface area contributed by atoms with Crippen LogP contribution in [0.25, 0.3) is 11.3 Å². The number of rotatable bonds is 6. The van der Waals surface area contributed by atoms with E-state index < -0.39 is 40.6 Å². The first kappa shape index (κ1) is 26.4. The Balaban J connectivity index is 1.19. The molecule has 1 saturated heterocycles. The van der Waals surface area contributed by atoms with Crippen molar-refractivity contribution in [2.75, 3.05) is 19.7 Å². The average molecular weight is 538 g/mol. The van der Waals surface area contributed by atoms with Crippen molar-refractivity contribution in [2.24, 2.45) is 5.41 Å². The number of carbonyl (C=O) groups excluding carboxylic acids is 3. The fraction of sp³-hybridized carbons (Fsp3) is 0.310.